The number of ether oxygens (including phenoxy) is 2. The molecule has 0 aliphatic heterocycles. The number of aliphatic hydroxyl groups excluding tert-OH is 4. The van der Waals surface area contributed by atoms with E-state index >= 15 is 0 Å². The number of carbonyl (C=O) groups excluding carboxylic acids is 2. The molecule has 5 N–H and O–H groups in total. The Morgan fingerprint density at radius 3 is 1.80 bits per heavy atom. The number of phosphoric ester groups is 1. The molecule has 0 aliphatic carbocycles. The minimum Gasteiger partial charge on any atom is -0.462 e. The van der Waals surface area contributed by atoms with Gasteiger partial charge in [0.1, 0.15) is 12.7 Å². The molecule has 0 rings (SSSR count). The first kappa shape index (κ1) is 55.8. The highest BCUT2D eigenvalue weighted by molar-refractivity contribution is 7.47. The monoisotopic (exact) mass is 850 g/mol. The predicted octanol–water partition coefficient (Wildman–Crippen LogP) is 9.16. The van der Waals surface area contributed by atoms with Crippen LogP contribution in [0.4, 0.5) is 0 Å². The molecule has 336 valence electrons. The van der Waals surface area contributed by atoms with Crippen LogP contribution in [0, 0.1) is 0 Å². The fraction of sp³-hybridized carbons (Fsp3) is 0.609. The minimum atomic E-state index is -4.68. The van der Waals surface area contributed by atoms with Gasteiger partial charge in [0.15, 0.2) is 6.10 Å². The summed E-state index contributed by atoms with van der Waals surface area (Å²) in [5.74, 6) is -1.12. The average Bonchev–Trinajstić information content (AvgIpc) is 3.21. The molecule has 0 aromatic rings. The highest BCUT2D eigenvalue weighted by atomic mass is 31.2. The summed E-state index contributed by atoms with van der Waals surface area (Å²) in [7, 11) is -4.68. The number of carbonyl (C=O) groups is 2. The van der Waals surface area contributed by atoms with Crippen molar-refractivity contribution in [2.75, 3.05) is 26.4 Å². The van der Waals surface area contributed by atoms with Gasteiger partial charge in [-0.05, 0) is 64.2 Å². The van der Waals surface area contributed by atoms with Crippen LogP contribution in [0.15, 0.2) is 97.2 Å². The highest BCUT2D eigenvalue weighted by Crippen LogP contribution is 2.43. The van der Waals surface area contributed by atoms with Gasteiger partial charge < -0.3 is 34.8 Å². The molecule has 0 bridgehead atoms. The zero-order chi connectivity index (χ0) is 43.7. The lowest BCUT2D eigenvalue weighted by atomic mass is 10.1. The van der Waals surface area contributed by atoms with Crippen LogP contribution in [0.25, 0.3) is 0 Å². The Labute approximate surface area is 354 Å². The van der Waals surface area contributed by atoms with Gasteiger partial charge in [-0.2, -0.15) is 0 Å². The number of esters is 2. The third kappa shape index (κ3) is 40.0. The van der Waals surface area contributed by atoms with Crippen molar-refractivity contribution in [2.45, 2.75) is 154 Å². The van der Waals surface area contributed by atoms with Gasteiger partial charge in [-0.1, -0.05) is 150 Å². The van der Waals surface area contributed by atoms with Crippen molar-refractivity contribution in [2.24, 2.45) is 0 Å². The van der Waals surface area contributed by atoms with E-state index in [0.717, 1.165) is 44.9 Å². The summed E-state index contributed by atoms with van der Waals surface area (Å²) in [4.78, 5) is 34.9. The van der Waals surface area contributed by atoms with Gasteiger partial charge in [0.2, 0.25) is 0 Å². The Balaban J connectivity index is 4.60. The molecule has 5 atom stereocenters. The topological polar surface area (TPSA) is 189 Å². The zero-order valence-corrected chi connectivity index (χ0v) is 36.5. The van der Waals surface area contributed by atoms with Gasteiger partial charge in [-0.15, -0.1) is 0 Å². The minimum absolute atomic E-state index is 0.00661. The van der Waals surface area contributed by atoms with Gasteiger partial charge in [0.25, 0.3) is 0 Å². The van der Waals surface area contributed by atoms with Gasteiger partial charge >= 0.3 is 19.8 Å². The summed E-state index contributed by atoms with van der Waals surface area (Å²) in [6, 6.07) is 0. The second-order valence-corrected chi connectivity index (χ2v) is 15.5. The third-order valence-corrected chi connectivity index (χ3v) is 9.38. The molecule has 0 saturated heterocycles. The van der Waals surface area contributed by atoms with Gasteiger partial charge in [0, 0.05) is 12.8 Å². The first-order valence-electron chi connectivity index (χ1n) is 21.4. The van der Waals surface area contributed by atoms with E-state index in [4.69, 9.17) is 19.1 Å². The lowest BCUT2D eigenvalue weighted by Crippen LogP contribution is -2.29. The molecule has 1 unspecified atom stereocenters. The first-order valence-corrected chi connectivity index (χ1v) is 22.9. The Bertz CT molecular complexity index is 1330. The zero-order valence-electron chi connectivity index (χ0n) is 35.6. The number of phosphoric acid groups is 1. The number of allylic oxidation sites excluding steroid dienone is 12. The highest BCUT2D eigenvalue weighted by Gasteiger charge is 2.27. The molecular formula is C46H75O12P. The Morgan fingerprint density at radius 2 is 1.17 bits per heavy atom. The number of hydrogen-bond donors (Lipinski definition) is 5. The molecule has 59 heavy (non-hydrogen) atoms. The maximum Gasteiger partial charge on any atom is 0.472 e. The van der Waals surface area contributed by atoms with Crippen molar-refractivity contribution in [1.29, 1.82) is 0 Å². The van der Waals surface area contributed by atoms with E-state index in [9.17, 15) is 34.4 Å². The molecule has 12 nitrogen and oxygen atoms in total. The van der Waals surface area contributed by atoms with Crippen molar-refractivity contribution in [1.82, 2.24) is 0 Å². The van der Waals surface area contributed by atoms with Crippen molar-refractivity contribution < 1.29 is 58.0 Å². The average molecular weight is 851 g/mol. The lowest BCUT2D eigenvalue weighted by Gasteiger charge is -2.20. The molecule has 0 saturated carbocycles. The molecule has 0 heterocycles. The first-order chi connectivity index (χ1) is 28.5. The number of aliphatic hydroxyl groups is 4. The fourth-order valence-corrected chi connectivity index (χ4v) is 5.85. The molecule has 0 radical (unpaired) electrons. The van der Waals surface area contributed by atoms with Crippen LogP contribution >= 0.6 is 7.82 Å². The summed E-state index contributed by atoms with van der Waals surface area (Å²) in [5.41, 5.74) is 0. The van der Waals surface area contributed by atoms with E-state index in [2.05, 4.69) is 35.8 Å². The normalized spacial score (nSPS) is 15.8. The second kappa shape index (κ2) is 40.2. The van der Waals surface area contributed by atoms with Crippen LogP contribution in [0.1, 0.15) is 129 Å². The van der Waals surface area contributed by atoms with Crippen molar-refractivity contribution in [3.8, 4) is 0 Å². The lowest BCUT2D eigenvalue weighted by molar-refractivity contribution is -0.161. The summed E-state index contributed by atoms with van der Waals surface area (Å²) in [5, 5.41) is 38.3. The van der Waals surface area contributed by atoms with Crippen molar-refractivity contribution >= 4 is 19.8 Å². The number of hydrogen-bond acceptors (Lipinski definition) is 11. The van der Waals surface area contributed by atoms with Gasteiger partial charge in [-0.25, -0.2) is 4.57 Å². The second-order valence-electron chi connectivity index (χ2n) is 14.1. The molecule has 0 aliphatic rings. The molecule has 13 heteroatoms. The van der Waals surface area contributed by atoms with E-state index in [1.54, 1.807) is 42.5 Å². The van der Waals surface area contributed by atoms with Crippen LogP contribution in [-0.2, 0) is 32.7 Å². The fourth-order valence-electron chi connectivity index (χ4n) is 5.07. The summed E-state index contributed by atoms with van der Waals surface area (Å²) in [6.07, 6.45) is 41.6. The molecule has 0 spiro atoms. The number of unbranched alkanes of at least 4 members (excludes halogenated alkanes) is 9. The van der Waals surface area contributed by atoms with Gasteiger partial charge in [0.05, 0.1) is 32.0 Å². The van der Waals surface area contributed by atoms with Crippen molar-refractivity contribution in [3.05, 3.63) is 97.2 Å². The Kier molecular flexibility index (Phi) is 38.1. The SMILES string of the molecule is CC/C=C\C[C@H](O)/C=C/C=C\C=C\[C@H](O)C/C=C\C/C=C\CCC(=O)O[C@H](COC(=O)CCCCCCC/C=C\C=C/CCCCCC)COP(=O)(O)OC[C@@H](O)CO. The van der Waals surface area contributed by atoms with Gasteiger partial charge in [-0.3, -0.25) is 18.6 Å². The number of rotatable bonds is 38. The van der Waals surface area contributed by atoms with Crippen LogP contribution < -0.4 is 0 Å². The van der Waals surface area contributed by atoms with E-state index < -0.39 is 64.0 Å². The van der Waals surface area contributed by atoms with E-state index in [1.165, 1.54) is 25.7 Å². The summed E-state index contributed by atoms with van der Waals surface area (Å²) in [6.45, 7) is 1.92. The smallest absolute Gasteiger partial charge is 0.462 e. The van der Waals surface area contributed by atoms with Crippen LogP contribution in [0.3, 0.4) is 0 Å². The van der Waals surface area contributed by atoms with Crippen LogP contribution in [-0.4, -0.2) is 88.1 Å². The van der Waals surface area contributed by atoms with E-state index in [0.29, 0.717) is 32.1 Å². The Hall–Kier alpha value is -3.19. The molecule has 0 aromatic heterocycles. The maximum absolute atomic E-state index is 12.6. The summed E-state index contributed by atoms with van der Waals surface area (Å²) >= 11 is 0. The third-order valence-electron chi connectivity index (χ3n) is 8.43. The predicted molar refractivity (Wildman–Crippen MR) is 235 cm³/mol. The molecule has 0 aromatic carbocycles. The summed E-state index contributed by atoms with van der Waals surface area (Å²) < 4.78 is 32.5. The van der Waals surface area contributed by atoms with Crippen molar-refractivity contribution in [3.63, 3.8) is 0 Å². The largest absolute Gasteiger partial charge is 0.472 e. The van der Waals surface area contributed by atoms with Crippen LogP contribution in [0.2, 0.25) is 0 Å². The Morgan fingerprint density at radius 1 is 0.593 bits per heavy atom. The maximum atomic E-state index is 12.6. The molecule has 0 amide bonds. The standard InChI is InChI=1S/C46H75O12P/c1-3-5-7-8-9-10-11-12-13-14-15-16-17-21-29-35-45(51)55-39-44(40-57-59(53,54)56-38-43(50)37-47)58-46(52)36-30-22-19-18-20-26-32-42(49)34-28-24-23-27-33-41(48)31-25-6-4-2/h6,10-13,19-20,22-28,33-34,41-44,47-50H,3-5,7-9,14-18,21,29-32,35-40H2,1-2H3,(H,53,54)/b11-10-,13-12-,22-19-,24-23-,25-6-,26-20-,33-27+,34-28+/t41-,42+,43-,44+/m0/s1. The molecule has 0 fully saturated rings. The quantitative estimate of drug-likeness (QED) is 0.0130. The van der Waals surface area contributed by atoms with Crippen LogP contribution in [0.5, 0.6) is 0 Å². The molecular weight excluding hydrogens is 775 g/mol. The van der Waals surface area contributed by atoms with E-state index in [1.807, 2.05) is 37.3 Å². The van der Waals surface area contributed by atoms with E-state index in [-0.39, 0.29) is 19.4 Å².